The number of carbonyl (C=O) groups excluding carboxylic acids is 2. The van der Waals surface area contributed by atoms with Crippen molar-refractivity contribution in [1.82, 2.24) is 9.80 Å². The van der Waals surface area contributed by atoms with Crippen molar-refractivity contribution in [3.63, 3.8) is 0 Å². The fourth-order valence-electron chi connectivity index (χ4n) is 4.72. The Bertz CT molecular complexity index is 1250. The number of aliphatic hydroxyl groups is 1. The van der Waals surface area contributed by atoms with Crippen molar-refractivity contribution in [3.8, 4) is 11.1 Å². The summed E-state index contributed by atoms with van der Waals surface area (Å²) in [6.45, 7) is 4.56. The van der Waals surface area contributed by atoms with E-state index in [9.17, 15) is 19.1 Å². The second-order valence-electron chi connectivity index (χ2n) is 9.71. The number of hydrogen-bond donors (Lipinski definition) is 1. The maximum atomic E-state index is 13.9. The zero-order valence-electron chi connectivity index (χ0n) is 21.4. The fraction of sp³-hybridized carbons (Fsp3) is 0.333. The van der Waals surface area contributed by atoms with Gasteiger partial charge in [-0.2, -0.15) is 0 Å². The minimum Gasteiger partial charge on any atom is -0.394 e. The van der Waals surface area contributed by atoms with Crippen LogP contribution in [-0.4, -0.2) is 65.6 Å². The molecular formula is C30H33FN2O4. The van der Waals surface area contributed by atoms with Crippen molar-refractivity contribution in [2.45, 2.75) is 32.6 Å². The quantitative estimate of drug-likeness (QED) is 0.551. The van der Waals surface area contributed by atoms with Crippen molar-refractivity contribution >= 4 is 11.8 Å². The highest BCUT2D eigenvalue weighted by Crippen LogP contribution is 2.31. The van der Waals surface area contributed by atoms with E-state index in [4.69, 9.17) is 4.74 Å². The molecule has 0 bridgehead atoms. The van der Waals surface area contributed by atoms with E-state index in [-0.39, 0.29) is 30.9 Å². The molecule has 7 heteroatoms. The van der Waals surface area contributed by atoms with Gasteiger partial charge in [-0.1, -0.05) is 49.4 Å². The summed E-state index contributed by atoms with van der Waals surface area (Å²) in [5.74, 6) is -0.953. The smallest absolute Gasteiger partial charge is 0.254 e. The van der Waals surface area contributed by atoms with Gasteiger partial charge >= 0.3 is 0 Å². The summed E-state index contributed by atoms with van der Waals surface area (Å²) in [5.41, 5.74) is 3.63. The van der Waals surface area contributed by atoms with Gasteiger partial charge in [0.05, 0.1) is 25.4 Å². The first-order valence-corrected chi connectivity index (χ1v) is 12.5. The molecule has 0 aromatic heterocycles. The molecule has 1 N–H and O–H groups in total. The van der Waals surface area contributed by atoms with Crippen molar-refractivity contribution in [2.24, 2.45) is 5.92 Å². The molecule has 194 valence electrons. The van der Waals surface area contributed by atoms with E-state index in [0.29, 0.717) is 24.3 Å². The van der Waals surface area contributed by atoms with Gasteiger partial charge in [0.2, 0.25) is 0 Å². The number of hydrogen-bond acceptors (Lipinski definition) is 4. The molecule has 0 spiro atoms. The monoisotopic (exact) mass is 504 g/mol. The Labute approximate surface area is 217 Å². The molecule has 37 heavy (non-hydrogen) atoms. The zero-order valence-corrected chi connectivity index (χ0v) is 21.4. The predicted octanol–water partition coefficient (Wildman–Crippen LogP) is 4.62. The van der Waals surface area contributed by atoms with Crippen LogP contribution in [0.4, 0.5) is 4.39 Å². The van der Waals surface area contributed by atoms with Gasteiger partial charge in [0.15, 0.2) is 0 Å². The van der Waals surface area contributed by atoms with E-state index in [1.807, 2.05) is 62.4 Å². The lowest BCUT2D eigenvalue weighted by Gasteiger charge is -2.35. The van der Waals surface area contributed by atoms with Crippen LogP contribution in [-0.2, 0) is 11.3 Å². The number of amides is 2. The molecule has 0 radical (unpaired) electrons. The number of benzene rings is 3. The molecule has 1 aliphatic heterocycles. The Morgan fingerprint density at radius 1 is 1.05 bits per heavy atom. The minimum absolute atomic E-state index is 0.154. The highest BCUT2D eigenvalue weighted by Gasteiger charge is 2.31. The van der Waals surface area contributed by atoms with Gasteiger partial charge in [0.1, 0.15) is 5.82 Å². The topological polar surface area (TPSA) is 70.1 Å². The van der Waals surface area contributed by atoms with Gasteiger partial charge in [-0.15, -0.1) is 0 Å². The van der Waals surface area contributed by atoms with Crippen molar-refractivity contribution < 1.29 is 23.8 Å². The van der Waals surface area contributed by atoms with Crippen LogP contribution >= 0.6 is 0 Å². The maximum Gasteiger partial charge on any atom is 0.254 e. The zero-order chi connectivity index (χ0) is 26.5. The molecule has 3 aromatic rings. The number of halogens is 1. The lowest BCUT2D eigenvalue weighted by atomic mass is 9.94. The molecule has 0 saturated carbocycles. The molecule has 2 amide bonds. The van der Waals surface area contributed by atoms with E-state index in [1.54, 1.807) is 16.8 Å². The molecule has 0 saturated heterocycles. The highest BCUT2D eigenvalue weighted by atomic mass is 19.1. The molecule has 0 unspecified atom stereocenters. The standard InChI is InChI=1S/C30H33FN2O4/c1-20-16-33(21(2)18-34)30(36)27-11-7-6-10-26(27)25-9-5-4-8-23(25)19-37-28(20)17-32(3)29(35)22-12-14-24(31)15-13-22/h4-15,20-21,28,34H,16-19H2,1-3H3/t20-,21-,28+/m0/s1. The van der Waals surface area contributed by atoms with Crippen molar-refractivity contribution in [3.05, 3.63) is 95.3 Å². The summed E-state index contributed by atoms with van der Waals surface area (Å²) < 4.78 is 19.8. The first kappa shape index (κ1) is 26.5. The average molecular weight is 505 g/mol. The van der Waals surface area contributed by atoms with E-state index < -0.39 is 18.0 Å². The fourth-order valence-corrected chi connectivity index (χ4v) is 4.72. The summed E-state index contributed by atoms with van der Waals surface area (Å²) in [7, 11) is 1.69. The lowest BCUT2D eigenvalue weighted by molar-refractivity contribution is -0.0209. The van der Waals surface area contributed by atoms with Gasteiger partial charge in [0, 0.05) is 37.2 Å². The minimum atomic E-state index is -0.404. The summed E-state index contributed by atoms with van der Waals surface area (Å²) in [5, 5.41) is 9.97. The Balaban J connectivity index is 1.69. The van der Waals surface area contributed by atoms with Crippen LogP contribution in [0.25, 0.3) is 11.1 Å². The van der Waals surface area contributed by atoms with E-state index in [2.05, 4.69) is 0 Å². The third kappa shape index (κ3) is 5.89. The van der Waals surface area contributed by atoms with Crippen LogP contribution < -0.4 is 0 Å². The predicted molar refractivity (Wildman–Crippen MR) is 141 cm³/mol. The summed E-state index contributed by atoms with van der Waals surface area (Å²) >= 11 is 0. The lowest BCUT2D eigenvalue weighted by Crippen LogP contribution is -2.47. The number of ether oxygens (including phenoxy) is 1. The number of aliphatic hydroxyl groups excluding tert-OH is 1. The molecule has 6 nitrogen and oxygen atoms in total. The average Bonchev–Trinajstić information content (AvgIpc) is 2.94. The van der Waals surface area contributed by atoms with Crippen LogP contribution in [0.1, 0.15) is 40.1 Å². The highest BCUT2D eigenvalue weighted by molar-refractivity contribution is 6.01. The van der Waals surface area contributed by atoms with E-state index in [0.717, 1.165) is 16.7 Å². The third-order valence-corrected chi connectivity index (χ3v) is 6.99. The number of nitrogens with zero attached hydrogens (tertiary/aromatic N) is 2. The second-order valence-corrected chi connectivity index (χ2v) is 9.71. The first-order valence-electron chi connectivity index (χ1n) is 12.5. The van der Waals surface area contributed by atoms with Crippen LogP contribution in [0, 0.1) is 11.7 Å². The summed E-state index contributed by atoms with van der Waals surface area (Å²) in [6.07, 6.45) is -0.398. The Hall–Kier alpha value is -3.55. The van der Waals surface area contributed by atoms with Crippen LogP contribution in [0.3, 0.4) is 0 Å². The van der Waals surface area contributed by atoms with Crippen LogP contribution in [0.2, 0.25) is 0 Å². The number of carbonyl (C=O) groups is 2. The number of fused-ring (bicyclic) bond motifs is 3. The molecule has 1 aliphatic rings. The molecule has 0 fully saturated rings. The van der Waals surface area contributed by atoms with Gasteiger partial charge in [-0.05, 0) is 53.9 Å². The Morgan fingerprint density at radius 2 is 1.68 bits per heavy atom. The van der Waals surface area contributed by atoms with Gasteiger partial charge in [-0.25, -0.2) is 4.39 Å². The summed E-state index contributed by atoms with van der Waals surface area (Å²) in [4.78, 5) is 30.1. The molecule has 3 atom stereocenters. The van der Waals surface area contributed by atoms with Crippen molar-refractivity contribution in [2.75, 3.05) is 26.7 Å². The molecule has 0 aliphatic carbocycles. The van der Waals surface area contributed by atoms with Crippen LogP contribution in [0.5, 0.6) is 0 Å². The summed E-state index contributed by atoms with van der Waals surface area (Å²) in [6, 6.07) is 20.4. The van der Waals surface area contributed by atoms with Crippen LogP contribution in [0.15, 0.2) is 72.8 Å². The SMILES string of the molecule is C[C@H]1CN([C@@H](C)CO)C(=O)c2ccccc2-c2ccccc2CO[C@@H]1CN(C)C(=O)c1ccc(F)cc1. The van der Waals surface area contributed by atoms with E-state index in [1.165, 1.54) is 24.3 Å². The van der Waals surface area contributed by atoms with Gasteiger partial charge in [-0.3, -0.25) is 9.59 Å². The Kier molecular flexibility index (Phi) is 8.36. The van der Waals surface area contributed by atoms with E-state index >= 15 is 0 Å². The molecular weight excluding hydrogens is 471 g/mol. The molecule has 3 aromatic carbocycles. The molecule has 1 heterocycles. The molecule has 4 rings (SSSR count). The maximum absolute atomic E-state index is 13.9. The first-order chi connectivity index (χ1) is 17.8. The third-order valence-electron chi connectivity index (χ3n) is 6.99. The van der Waals surface area contributed by atoms with Gasteiger partial charge < -0.3 is 19.6 Å². The van der Waals surface area contributed by atoms with Gasteiger partial charge in [0.25, 0.3) is 11.8 Å². The Morgan fingerprint density at radius 3 is 2.35 bits per heavy atom. The largest absolute Gasteiger partial charge is 0.394 e. The van der Waals surface area contributed by atoms with Crippen molar-refractivity contribution in [1.29, 1.82) is 0 Å². The number of rotatable bonds is 5. The normalized spacial score (nSPS) is 18.8. The number of likely N-dealkylation sites (N-methyl/N-ethyl adjacent to an activating group) is 1. The second kappa shape index (κ2) is 11.7.